The summed E-state index contributed by atoms with van der Waals surface area (Å²) >= 11 is 0. The number of aromatic nitrogens is 1. The molecular weight excluding hydrogens is 362 g/mol. The third-order valence-electron chi connectivity index (χ3n) is 5.19. The number of amides is 1. The first-order valence-electron chi connectivity index (χ1n) is 9.29. The lowest BCUT2D eigenvalue weighted by molar-refractivity contribution is -0.117. The molecule has 3 heterocycles. The first kappa shape index (κ1) is 19.8. The number of halogens is 1. The highest BCUT2D eigenvalue weighted by Gasteiger charge is 2.27. The highest BCUT2D eigenvalue weighted by Crippen LogP contribution is 2.24. The molecule has 0 radical (unpaired) electrons. The number of anilines is 1. The van der Waals surface area contributed by atoms with Gasteiger partial charge in [0.2, 0.25) is 5.91 Å². The van der Waals surface area contributed by atoms with Crippen LogP contribution in [0.15, 0.2) is 48.8 Å². The SMILES string of the molecule is Cl.O=C1CCCN1c1ccc(CNCC2CNNC2c2cccnc2)cc1. The largest absolute Gasteiger partial charge is 0.312 e. The topological polar surface area (TPSA) is 69.3 Å². The fourth-order valence-electron chi connectivity index (χ4n) is 3.76. The summed E-state index contributed by atoms with van der Waals surface area (Å²) in [6, 6.07) is 12.7. The third-order valence-corrected chi connectivity index (χ3v) is 5.19. The monoisotopic (exact) mass is 387 g/mol. The first-order valence-corrected chi connectivity index (χ1v) is 9.29. The van der Waals surface area contributed by atoms with Gasteiger partial charge in [0, 0.05) is 56.6 Å². The minimum absolute atomic E-state index is 0. The number of benzene rings is 1. The molecule has 1 amide bonds. The Bertz CT molecular complexity index is 740. The number of carbonyl (C=O) groups excluding carboxylic acids is 1. The van der Waals surface area contributed by atoms with Gasteiger partial charge in [-0.15, -0.1) is 12.4 Å². The Balaban J connectivity index is 0.00000210. The van der Waals surface area contributed by atoms with E-state index in [1.807, 2.05) is 17.2 Å². The van der Waals surface area contributed by atoms with Crippen LogP contribution in [-0.2, 0) is 11.3 Å². The molecule has 27 heavy (non-hydrogen) atoms. The average Bonchev–Trinajstić information content (AvgIpc) is 3.32. The van der Waals surface area contributed by atoms with Crippen LogP contribution in [0.4, 0.5) is 5.69 Å². The van der Waals surface area contributed by atoms with E-state index >= 15 is 0 Å². The van der Waals surface area contributed by atoms with Gasteiger partial charge in [-0.2, -0.15) is 0 Å². The van der Waals surface area contributed by atoms with Gasteiger partial charge in [-0.05, 0) is 35.7 Å². The lowest BCUT2D eigenvalue weighted by Crippen LogP contribution is -2.28. The van der Waals surface area contributed by atoms with E-state index < -0.39 is 0 Å². The summed E-state index contributed by atoms with van der Waals surface area (Å²) in [6.07, 6.45) is 5.36. The Labute approximate surface area is 166 Å². The summed E-state index contributed by atoms with van der Waals surface area (Å²) in [7, 11) is 0. The molecule has 2 saturated heterocycles. The molecule has 6 nitrogen and oxygen atoms in total. The van der Waals surface area contributed by atoms with Crippen molar-refractivity contribution in [2.45, 2.75) is 25.4 Å². The normalized spacial score (nSPS) is 22.1. The first-order chi connectivity index (χ1) is 12.8. The molecule has 2 aromatic rings. The number of hydrazine groups is 1. The van der Waals surface area contributed by atoms with E-state index in [4.69, 9.17) is 0 Å². The molecule has 2 aliphatic rings. The van der Waals surface area contributed by atoms with Crippen LogP contribution in [0.2, 0.25) is 0 Å². The molecular formula is C20H26ClN5O. The van der Waals surface area contributed by atoms with E-state index in [1.165, 1.54) is 11.1 Å². The molecule has 4 rings (SSSR count). The predicted molar refractivity (Wildman–Crippen MR) is 109 cm³/mol. The predicted octanol–water partition coefficient (Wildman–Crippen LogP) is 2.19. The van der Waals surface area contributed by atoms with E-state index in [1.54, 1.807) is 6.20 Å². The summed E-state index contributed by atoms with van der Waals surface area (Å²) in [5.41, 5.74) is 10.1. The van der Waals surface area contributed by atoms with Gasteiger partial charge in [-0.3, -0.25) is 15.2 Å². The molecule has 2 unspecified atom stereocenters. The Hall–Kier alpha value is -1.99. The molecule has 2 fully saturated rings. The van der Waals surface area contributed by atoms with Crippen LogP contribution in [0.25, 0.3) is 0 Å². The fourth-order valence-corrected chi connectivity index (χ4v) is 3.76. The molecule has 1 aromatic heterocycles. The molecule has 0 spiro atoms. The van der Waals surface area contributed by atoms with Crippen molar-refractivity contribution in [2.75, 3.05) is 24.5 Å². The van der Waals surface area contributed by atoms with Gasteiger partial charge in [0.15, 0.2) is 0 Å². The summed E-state index contributed by atoms with van der Waals surface area (Å²) in [4.78, 5) is 17.9. The number of pyridine rings is 1. The van der Waals surface area contributed by atoms with Gasteiger partial charge in [0.05, 0.1) is 6.04 Å². The van der Waals surface area contributed by atoms with Crippen molar-refractivity contribution in [1.29, 1.82) is 0 Å². The molecule has 2 aliphatic heterocycles. The fraction of sp³-hybridized carbons (Fsp3) is 0.400. The molecule has 0 aliphatic carbocycles. The van der Waals surface area contributed by atoms with Crippen molar-refractivity contribution in [3.05, 3.63) is 59.9 Å². The number of hydrogen-bond acceptors (Lipinski definition) is 5. The Morgan fingerprint density at radius 3 is 2.78 bits per heavy atom. The van der Waals surface area contributed by atoms with Gasteiger partial charge >= 0.3 is 0 Å². The van der Waals surface area contributed by atoms with Gasteiger partial charge in [-0.1, -0.05) is 18.2 Å². The third kappa shape index (κ3) is 4.65. The maximum Gasteiger partial charge on any atom is 0.227 e. The highest BCUT2D eigenvalue weighted by molar-refractivity contribution is 5.95. The molecule has 0 bridgehead atoms. The van der Waals surface area contributed by atoms with Gasteiger partial charge in [0.1, 0.15) is 0 Å². The van der Waals surface area contributed by atoms with Crippen molar-refractivity contribution < 1.29 is 4.79 Å². The molecule has 0 saturated carbocycles. The van der Waals surface area contributed by atoms with Gasteiger partial charge < -0.3 is 10.2 Å². The second-order valence-electron chi connectivity index (χ2n) is 7.00. The molecule has 1 aromatic carbocycles. The van der Waals surface area contributed by atoms with E-state index in [9.17, 15) is 4.79 Å². The molecule has 144 valence electrons. The smallest absolute Gasteiger partial charge is 0.227 e. The lowest BCUT2D eigenvalue weighted by Gasteiger charge is -2.19. The van der Waals surface area contributed by atoms with Crippen LogP contribution in [0.1, 0.15) is 30.0 Å². The van der Waals surface area contributed by atoms with Crippen LogP contribution in [0.3, 0.4) is 0 Å². The number of hydrogen-bond donors (Lipinski definition) is 3. The maximum absolute atomic E-state index is 11.8. The van der Waals surface area contributed by atoms with Crippen LogP contribution in [0.5, 0.6) is 0 Å². The number of rotatable bonds is 6. The zero-order chi connectivity index (χ0) is 17.8. The van der Waals surface area contributed by atoms with Crippen molar-refractivity contribution >= 4 is 24.0 Å². The van der Waals surface area contributed by atoms with Crippen molar-refractivity contribution in [2.24, 2.45) is 5.92 Å². The molecule has 3 N–H and O–H groups in total. The maximum atomic E-state index is 11.8. The molecule has 7 heteroatoms. The minimum Gasteiger partial charge on any atom is -0.312 e. The van der Waals surface area contributed by atoms with E-state index in [2.05, 4.69) is 51.5 Å². The van der Waals surface area contributed by atoms with Crippen LogP contribution in [0, 0.1) is 5.92 Å². The average molecular weight is 388 g/mol. The van der Waals surface area contributed by atoms with Crippen LogP contribution < -0.4 is 21.1 Å². The standard InChI is InChI=1S/C20H25N5O.ClH/c26-19-4-2-10-25(19)18-7-5-15(6-8-18)11-22-13-17-14-23-24-20(17)16-3-1-9-21-12-16;/h1,3,5-9,12,17,20,22-24H,2,4,10-11,13-14H2;1H. The molecule has 2 atom stereocenters. The van der Waals surface area contributed by atoms with Crippen molar-refractivity contribution in [3.63, 3.8) is 0 Å². The van der Waals surface area contributed by atoms with Gasteiger partial charge in [-0.25, -0.2) is 5.43 Å². The van der Waals surface area contributed by atoms with Crippen LogP contribution in [-0.4, -0.2) is 30.5 Å². The number of nitrogens with one attached hydrogen (secondary N) is 3. The van der Waals surface area contributed by atoms with E-state index in [0.717, 1.165) is 38.3 Å². The van der Waals surface area contributed by atoms with E-state index in [0.29, 0.717) is 12.3 Å². The van der Waals surface area contributed by atoms with Gasteiger partial charge in [0.25, 0.3) is 0 Å². The Kier molecular flexibility index (Phi) is 6.79. The second-order valence-corrected chi connectivity index (χ2v) is 7.00. The van der Waals surface area contributed by atoms with E-state index in [-0.39, 0.29) is 24.4 Å². The summed E-state index contributed by atoms with van der Waals surface area (Å²) < 4.78 is 0. The zero-order valence-electron chi connectivity index (χ0n) is 15.2. The minimum atomic E-state index is 0. The van der Waals surface area contributed by atoms with Crippen LogP contribution >= 0.6 is 12.4 Å². The second kappa shape index (κ2) is 9.28. The Morgan fingerprint density at radius 1 is 1.22 bits per heavy atom. The Morgan fingerprint density at radius 2 is 2.07 bits per heavy atom. The summed E-state index contributed by atoms with van der Waals surface area (Å²) in [5.74, 6) is 0.708. The van der Waals surface area contributed by atoms with Crippen molar-refractivity contribution in [1.82, 2.24) is 21.2 Å². The highest BCUT2D eigenvalue weighted by atomic mass is 35.5. The summed E-state index contributed by atoms with van der Waals surface area (Å²) in [5, 5.41) is 3.56. The quantitative estimate of drug-likeness (QED) is 0.708. The van der Waals surface area contributed by atoms with Crippen molar-refractivity contribution in [3.8, 4) is 0 Å². The number of nitrogens with zero attached hydrogens (tertiary/aromatic N) is 2. The lowest BCUT2D eigenvalue weighted by atomic mass is 9.96. The zero-order valence-corrected chi connectivity index (χ0v) is 16.0. The number of carbonyl (C=O) groups is 1. The summed E-state index contributed by atoms with van der Waals surface area (Å²) in [6.45, 7) is 3.52.